The number of carbonyl (C=O) groups is 2. The number of thiophene rings is 1. The van der Waals surface area contributed by atoms with E-state index >= 15 is 0 Å². The normalized spacial score (nSPS) is 11.0. The molecule has 2 rings (SSSR count). The third kappa shape index (κ3) is 4.93. The molecule has 2 N–H and O–H groups in total. The number of carbonyl (C=O) groups excluding carboxylic acids is 2. The molecular formula is C16H17N3O3S. The molecule has 0 fully saturated rings. The molecule has 0 saturated carbocycles. The van der Waals surface area contributed by atoms with Gasteiger partial charge in [-0.05, 0) is 43.0 Å². The van der Waals surface area contributed by atoms with Crippen molar-refractivity contribution >= 4 is 34.7 Å². The second kappa shape index (κ2) is 8.09. The molecule has 2 aromatic rings. The third-order valence-electron chi connectivity index (χ3n) is 2.90. The summed E-state index contributed by atoms with van der Waals surface area (Å²) in [6.45, 7) is 3.78. The molecule has 0 unspecified atom stereocenters. The lowest BCUT2D eigenvalue weighted by Crippen LogP contribution is -2.20. The van der Waals surface area contributed by atoms with E-state index in [0.717, 1.165) is 5.56 Å². The largest absolute Gasteiger partial charge is 0.449 e. The quantitative estimate of drug-likeness (QED) is 0.650. The molecule has 23 heavy (non-hydrogen) atoms. The highest BCUT2D eigenvalue weighted by Gasteiger charge is 2.07. The van der Waals surface area contributed by atoms with Gasteiger partial charge in [0, 0.05) is 5.69 Å². The van der Waals surface area contributed by atoms with Crippen molar-refractivity contribution in [1.29, 1.82) is 0 Å². The highest BCUT2D eigenvalue weighted by atomic mass is 32.1. The van der Waals surface area contributed by atoms with Crippen molar-refractivity contribution < 1.29 is 14.3 Å². The van der Waals surface area contributed by atoms with Crippen molar-refractivity contribution in [2.75, 3.05) is 11.9 Å². The Kier molecular flexibility index (Phi) is 5.87. The van der Waals surface area contributed by atoms with Crippen LogP contribution in [0.2, 0.25) is 0 Å². The van der Waals surface area contributed by atoms with Crippen LogP contribution < -0.4 is 10.7 Å². The average Bonchev–Trinajstić information content (AvgIpc) is 3.08. The van der Waals surface area contributed by atoms with Crippen LogP contribution in [0.5, 0.6) is 0 Å². The van der Waals surface area contributed by atoms with Gasteiger partial charge in [-0.3, -0.25) is 4.79 Å². The van der Waals surface area contributed by atoms with E-state index in [0.29, 0.717) is 22.9 Å². The molecule has 0 aliphatic heterocycles. The van der Waals surface area contributed by atoms with Crippen molar-refractivity contribution in [2.45, 2.75) is 13.8 Å². The van der Waals surface area contributed by atoms with E-state index in [4.69, 9.17) is 4.74 Å². The van der Waals surface area contributed by atoms with Gasteiger partial charge in [-0.15, -0.1) is 11.3 Å². The average molecular weight is 331 g/mol. The maximum atomic E-state index is 11.9. The van der Waals surface area contributed by atoms with Crippen molar-refractivity contribution in [3.8, 4) is 0 Å². The minimum atomic E-state index is -0.591. The Morgan fingerprint density at radius 3 is 2.57 bits per heavy atom. The number of hydrogen-bond donors (Lipinski definition) is 2. The molecule has 2 amide bonds. The number of rotatable bonds is 5. The first-order valence-electron chi connectivity index (χ1n) is 7.02. The van der Waals surface area contributed by atoms with Crippen molar-refractivity contribution in [2.24, 2.45) is 5.10 Å². The predicted molar refractivity (Wildman–Crippen MR) is 91.1 cm³/mol. The summed E-state index contributed by atoms with van der Waals surface area (Å²) in [4.78, 5) is 23.8. The fourth-order valence-electron chi connectivity index (χ4n) is 1.75. The molecule has 1 aromatic carbocycles. The highest BCUT2D eigenvalue weighted by Crippen LogP contribution is 2.14. The van der Waals surface area contributed by atoms with Crippen LogP contribution in [-0.2, 0) is 4.74 Å². The van der Waals surface area contributed by atoms with Crippen LogP contribution in [0.25, 0.3) is 0 Å². The van der Waals surface area contributed by atoms with Gasteiger partial charge in [-0.1, -0.05) is 18.2 Å². The summed E-state index contributed by atoms with van der Waals surface area (Å²) in [5, 5.41) is 8.63. The van der Waals surface area contributed by atoms with Gasteiger partial charge < -0.3 is 10.1 Å². The summed E-state index contributed by atoms with van der Waals surface area (Å²) in [5.41, 5.74) is 4.46. The molecule has 1 heterocycles. The Hall–Kier alpha value is -2.67. The Morgan fingerprint density at radius 1 is 1.22 bits per heavy atom. The SMILES string of the molecule is CCOC(=O)N/N=C(\C)c1ccc(NC(=O)c2cccs2)cc1. The Balaban J connectivity index is 1.97. The first-order valence-corrected chi connectivity index (χ1v) is 7.90. The monoisotopic (exact) mass is 331 g/mol. The Bertz CT molecular complexity index is 694. The molecule has 7 heteroatoms. The molecule has 0 atom stereocenters. The highest BCUT2D eigenvalue weighted by molar-refractivity contribution is 7.12. The van der Waals surface area contributed by atoms with Crippen LogP contribution in [0.1, 0.15) is 29.1 Å². The fraction of sp³-hybridized carbons (Fsp3) is 0.188. The maximum absolute atomic E-state index is 11.9. The Labute approximate surface area is 138 Å². The molecule has 0 radical (unpaired) electrons. The van der Waals surface area contributed by atoms with Crippen LogP contribution in [-0.4, -0.2) is 24.3 Å². The molecule has 6 nitrogen and oxygen atoms in total. The summed E-state index contributed by atoms with van der Waals surface area (Å²) < 4.78 is 4.72. The van der Waals surface area contributed by atoms with Crippen LogP contribution in [0.4, 0.5) is 10.5 Å². The van der Waals surface area contributed by atoms with E-state index in [-0.39, 0.29) is 5.91 Å². The van der Waals surface area contributed by atoms with Crippen LogP contribution in [0, 0.1) is 0 Å². The number of ether oxygens (including phenoxy) is 1. The fourth-order valence-corrected chi connectivity index (χ4v) is 2.37. The first-order chi connectivity index (χ1) is 11.1. The number of anilines is 1. The molecule has 0 spiro atoms. The number of hydrazone groups is 1. The minimum Gasteiger partial charge on any atom is -0.449 e. The summed E-state index contributed by atoms with van der Waals surface area (Å²) in [7, 11) is 0. The summed E-state index contributed by atoms with van der Waals surface area (Å²) in [5.74, 6) is -0.137. The van der Waals surface area contributed by atoms with Crippen LogP contribution in [0.15, 0.2) is 46.9 Å². The number of amides is 2. The molecule has 0 aliphatic rings. The zero-order chi connectivity index (χ0) is 16.7. The molecule has 1 aromatic heterocycles. The zero-order valence-corrected chi connectivity index (χ0v) is 13.6. The lowest BCUT2D eigenvalue weighted by Gasteiger charge is -2.06. The van der Waals surface area contributed by atoms with Crippen LogP contribution in [0.3, 0.4) is 0 Å². The van der Waals surface area contributed by atoms with Gasteiger partial charge in [0.15, 0.2) is 0 Å². The first kappa shape index (κ1) is 16.7. The maximum Gasteiger partial charge on any atom is 0.427 e. The second-order valence-corrected chi connectivity index (χ2v) is 5.49. The molecular weight excluding hydrogens is 314 g/mol. The van der Waals surface area contributed by atoms with E-state index in [1.165, 1.54) is 11.3 Å². The Morgan fingerprint density at radius 2 is 1.96 bits per heavy atom. The van der Waals surface area contributed by atoms with Gasteiger partial charge in [-0.2, -0.15) is 5.10 Å². The van der Waals surface area contributed by atoms with Crippen molar-refractivity contribution in [1.82, 2.24) is 5.43 Å². The van der Waals surface area contributed by atoms with Crippen molar-refractivity contribution in [3.05, 3.63) is 52.2 Å². The summed E-state index contributed by atoms with van der Waals surface area (Å²) >= 11 is 1.39. The van der Waals surface area contributed by atoms with E-state index in [1.807, 2.05) is 23.6 Å². The predicted octanol–water partition coefficient (Wildman–Crippen LogP) is 3.47. The minimum absolute atomic E-state index is 0.137. The second-order valence-electron chi connectivity index (χ2n) is 4.54. The summed E-state index contributed by atoms with van der Waals surface area (Å²) in [6, 6.07) is 10.8. The molecule has 0 saturated heterocycles. The topological polar surface area (TPSA) is 79.8 Å². The van der Waals surface area contributed by atoms with Gasteiger partial charge in [0.2, 0.25) is 0 Å². The number of benzene rings is 1. The van der Waals surface area contributed by atoms with Gasteiger partial charge >= 0.3 is 6.09 Å². The lowest BCUT2D eigenvalue weighted by molar-refractivity contribution is 0.103. The van der Waals surface area contributed by atoms with Crippen molar-refractivity contribution in [3.63, 3.8) is 0 Å². The van der Waals surface area contributed by atoms with E-state index in [1.54, 1.807) is 32.0 Å². The van der Waals surface area contributed by atoms with Gasteiger partial charge in [-0.25, -0.2) is 10.2 Å². The molecule has 0 bridgehead atoms. The smallest absolute Gasteiger partial charge is 0.427 e. The van der Waals surface area contributed by atoms with Crippen LogP contribution >= 0.6 is 11.3 Å². The standard InChI is InChI=1S/C16H17N3O3S/c1-3-22-16(21)19-18-11(2)12-6-8-13(9-7-12)17-15(20)14-5-4-10-23-14/h4-10H,3H2,1-2H3,(H,17,20)(H,19,21)/b18-11+. The van der Waals surface area contributed by atoms with E-state index in [2.05, 4.69) is 15.8 Å². The number of hydrogen-bond acceptors (Lipinski definition) is 5. The van der Waals surface area contributed by atoms with Gasteiger partial charge in [0.25, 0.3) is 5.91 Å². The van der Waals surface area contributed by atoms with Gasteiger partial charge in [0.1, 0.15) is 0 Å². The third-order valence-corrected chi connectivity index (χ3v) is 3.76. The summed E-state index contributed by atoms with van der Waals surface area (Å²) in [6.07, 6.45) is -0.591. The van der Waals surface area contributed by atoms with Gasteiger partial charge in [0.05, 0.1) is 17.2 Å². The zero-order valence-electron chi connectivity index (χ0n) is 12.8. The van der Waals surface area contributed by atoms with E-state index < -0.39 is 6.09 Å². The molecule has 120 valence electrons. The molecule has 0 aliphatic carbocycles. The lowest BCUT2D eigenvalue weighted by atomic mass is 10.1. The number of nitrogens with zero attached hydrogens (tertiary/aromatic N) is 1. The number of nitrogens with one attached hydrogen (secondary N) is 2. The van der Waals surface area contributed by atoms with E-state index in [9.17, 15) is 9.59 Å².